The van der Waals surface area contributed by atoms with Gasteiger partial charge >= 0.3 is 0 Å². The molecule has 1 atom stereocenters. The highest BCUT2D eigenvalue weighted by atomic mass is 19.1. The minimum absolute atomic E-state index is 0.00190. The van der Waals surface area contributed by atoms with Crippen LogP contribution in [-0.2, 0) is 6.54 Å². The van der Waals surface area contributed by atoms with Crippen LogP contribution in [0.4, 0.5) is 27.5 Å². The van der Waals surface area contributed by atoms with E-state index in [2.05, 4.69) is 60.8 Å². The Hall–Kier alpha value is -3.66. The maximum atomic E-state index is 15.4. The molecule has 0 aromatic carbocycles. The van der Waals surface area contributed by atoms with Crippen LogP contribution in [0.15, 0.2) is 43.3 Å². The lowest BCUT2D eigenvalue weighted by Crippen LogP contribution is -2.44. The van der Waals surface area contributed by atoms with Gasteiger partial charge in [-0.2, -0.15) is 0 Å². The molecule has 2 aromatic rings. The van der Waals surface area contributed by atoms with Gasteiger partial charge in [0.1, 0.15) is 11.6 Å². The Morgan fingerprint density at radius 1 is 1.22 bits per heavy atom. The third-order valence-electron chi connectivity index (χ3n) is 7.13. The summed E-state index contributed by atoms with van der Waals surface area (Å²) in [4.78, 5) is 28.4. The van der Waals surface area contributed by atoms with Gasteiger partial charge in [0.05, 0.1) is 17.4 Å². The Balaban J connectivity index is 1.36. The Kier molecular flexibility index (Phi) is 6.77. The van der Waals surface area contributed by atoms with E-state index < -0.39 is 5.82 Å². The van der Waals surface area contributed by atoms with E-state index in [0.717, 1.165) is 57.1 Å². The normalized spacial score (nSPS) is 20.1. The Morgan fingerprint density at radius 3 is 2.75 bits per heavy atom. The van der Waals surface area contributed by atoms with Crippen LogP contribution in [0.25, 0.3) is 0 Å². The summed E-state index contributed by atoms with van der Waals surface area (Å²) in [5, 5.41) is 9.21. The van der Waals surface area contributed by atoms with Crippen molar-refractivity contribution in [2.45, 2.75) is 25.4 Å². The number of allylic oxidation sites excluding steroid dienone is 1. The maximum absolute atomic E-state index is 15.4. The summed E-state index contributed by atoms with van der Waals surface area (Å²) in [6.45, 7) is 13.4. The van der Waals surface area contributed by atoms with Gasteiger partial charge in [0.25, 0.3) is 5.91 Å². The smallest absolute Gasteiger partial charge is 0.255 e. The summed E-state index contributed by atoms with van der Waals surface area (Å²) in [6.07, 6.45) is 5.30. The molecule has 0 radical (unpaired) electrons. The van der Waals surface area contributed by atoms with Gasteiger partial charge in [-0.25, -0.2) is 14.4 Å². The molecule has 0 saturated carbocycles. The molecule has 9 nitrogen and oxygen atoms in total. The molecule has 0 bridgehead atoms. The van der Waals surface area contributed by atoms with Gasteiger partial charge in [-0.3, -0.25) is 4.79 Å². The lowest BCUT2D eigenvalue weighted by molar-refractivity contribution is 0.0966. The average molecular weight is 493 g/mol. The van der Waals surface area contributed by atoms with Crippen LogP contribution in [0, 0.1) is 5.82 Å². The highest BCUT2D eigenvalue weighted by molar-refractivity contribution is 6.03. The first-order chi connectivity index (χ1) is 17.4. The number of likely N-dealkylation sites (tertiary alicyclic amines) is 1. The van der Waals surface area contributed by atoms with Crippen molar-refractivity contribution in [1.29, 1.82) is 0 Å². The van der Waals surface area contributed by atoms with Crippen LogP contribution in [0.5, 0.6) is 0 Å². The van der Waals surface area contributed by atoms with Crippen molar-refractivity contribution in [2.75, 3.05) is 61.8 Å². The van der Waals surface area contributed by atoms with Crippen molar-refractivity contribution in [2.24, 2.45) is 0 Å². The molecule has 2 fully saturated rings. The molecule has 2 saturated heterocycles. The molecular formula is C26H33FN8O. The summed E-state index contributed by atoms with van der Waals surface area (Å²) in [5.41, 5.74) is 2.11. The molecule has 36 heavy (non-hydrogen) atoms. The van der Waals surface area contributed by atoms with Crippen LogP contribution < -0.4 is 20.9 Å². The number of carbonyl (C=O) groups excluding carboxylic acids is 1. The van der Waals surface area contributed by atoms with E-state index >= 15 is 4.39 Å². The lowest BCUT2D eigenvalue weighted by Gasteiger charge is -2.35. The number of halogens is 1. The molecule has 3 N–H and O–H groups in total. The van der Waals surface area contributed by atoms with E-state index in [4.69, 9.17) is 0 Å². The summed E-state index contributed by atoms with van der Waals surface area (Å²) in [7, 11) is 2.12. The third-order valence-corrected chi connectivity index (χ3v) is 7.13. The SMILES string of the molecule is C=CC(=C)N1CCCC(Nc2nc(Nc3ccc(N4CCN(C)CC4)nc3)c3c(c2F)CNC3=O)C1. The third kappa shape index (κ3) is 4.86. The number of pyridine rings is 2. The van der Waals surface area contributed by atoms with E-state index in [1.165, 1.54) is 0 Å². The summed E-state index contributed by atoms with van der Waals surface area (Å²) in [6, 6.07) is 3.87. The van der Waals surface area contributed by atoms with Crippen LogP contribution in [0.1, 0.15) is 28.8 Å². The molecule has 3 aliphatic heterocycles. The van der Waals surface area contributed by atoms with Gasteiger partial charge in [-0.1, -0.05) is 13.2 Å². The quantitative estimate of drug-likeness (QED) is 0.509. The molecule has 190 valence electrons. The Labute approximate surface area is 211 Å². The average Bonchev–Trinajstić information content (AvgIpc) is 3.29. The predicted molar refractivity (Wildman–Crippen MR) is 140 cm³/mol. The number of rotatable bonds is 7. The van der Waals surface area contributed by atoms with Crippen molar-refractivity contribution < 1.29 is 9.18 Å². The minimum atomic E-state index is -0.489. The fraction of sp³-hybridized carbons (Fsp3) is 0.423. The molecule has 2 aromatic heterocycles. The number of anilines is 4. The second kappa shape index (κ2) is 10.1. The molecule has 0 spiro atoms. The fourth-order valence-corrected chi connectivity index (χ4v) is 4.96. The standard InChI is InChI=1S/C26H33FN8O/c1-4-17(2)35-9-5-6-19(16-35)31-25-23(27)20-15-29-26(36)22(20)24(32-25)30-18-7-8-21(28-14-18)34-12-10-33(3)11-13-34/h4,7-8,14,19H,1-2,5-6,9-13,15-16H2,3H3,(H,29,36)(H2,30,31,32). The number of nitrogens with one attached hydrogen (secondary N) is 3. The summed E-state index contributed by atoms with van der Waals surface area (Å²) in [5.74, 6) is 0.553. The number of carbonyl (C=O) groups is 1. The largest absolute Gasteiger partial charge is 0.370 e. The predicted octanol–water partition coefficient (Wildman–Crippen LogP) is 2.93. The van der Waals surface area contributed by atoms with E-state index in [0.29, 0.717) is 23.6 Å². The van der Waals surface area contributed by atoms with E-state index in [9.17, 15) is 4.79 Å². The number of amides is 1. The van der Waals surface area contributed by atoms with Crippen LogP contribution in [0.3, 0.4) is 0 Å². The van der Waals surface area contributed by atoms with Gasteiger partial charge in [0.2, 0.25) is 0 Å². The number of piperazine rings is 1. The van der Waals surface area contributed by atoms with Crippen molar-refractivity contribution in [3.05, 3.63) is 60.2 Å². The minimum Gasteiger partial charge on any atom is -0.370 e. The zero-order valence-electron chi connectivity index (χ0n) is 20.7. The summed E-state index contributed by atoms with van der Waals surface area (Å²) < 4.78 is 15.4. The zero-order chi connectivity index (χ0) is 25.2. The highest BCUT2D eigenvalue weighted by Crippen LogP contribution is 2.32. The Bertz CT molecular complexity index is 1160. The number of nitrogens with zero attached hydrogens (tertiary/aromatic N) is 5. The van der Waals surface area contributed by atoms with Crippen LogP contribution in [-0.4, -0.2) is 78.0 Å². The molecular weight excluding hydrogens is 459 g/mol. The molecule has 3 aliphatic rings. The van der Waals surface area contributed by atoms with E-state index in [1.807, 2.05) is 12.1 Å². The lowest BCUT2D eigenvalue weighted by atomic mass is 10.0. The van der Waals surface area contributed by atoms with Gasteiger partial charge < -0.3 is 30.7 Å². The van der Waals surface area contributed by atoms with E-state index in [-0.39, 0.29) is 29.9 Å². The maximum Gasteiger partial charge on any atom is 0.255 e. The second-order valence-electron chi connectivity index (χ2n) is 9.60. The molecule has 1 unspecified atom stereocenters. The van der Waals surface area contributed by atoms with Crippen molar-refractivity contribution in [3.63, 3.8) is 0 Å². The first kappa shape index (κ1) is 24.1. The van der Waals surface area contributed by atoms with Gasteiger partial charge in [0.15, 0.2) is 11.6 Å². The zero-order valence-corrected chi connectivity index (χ0v) is 20.7. The molecule has 10 heteroatoms. The molecule has 5 rings (SSSR count). The monoisotopic (exact) mass is 492 g/mol. The first-order valence-electron chi connectivity index (χ1n) is 12.4. The van der Waals surface area contributed by atoms with Gasteiger partial charge in [0, 0.05) is 63.1 Å². The summed E-state index contributed by atoms with van der Waals surface area (Å²) >= 11 is 0. The highest BCUT2D eigenvalue weighted by Gasteiger charge is 2.31. The number of fused-ring (bicyclic) bond motifs is 1. The molecule has 5 heterocycles. The van der Waals surface area contributed by atoms with Gasteiger partial charge in [-0.05, 0) is 38.1 Å². The van der Waals surface area contributed by atoms with Gasteiger partial charge in [-0.15, -0.1) is 0 Å². The first-order valence-corrected chi connectivity index (χ1v) is 12.4. The van der Waals surface area contributed by atoms with Crippen LogP contribution in [0.2, 0.25) is 0 Å². The number of hydrogen-bond acceptors (Lipinski definition) is 8. The van der Waals surface area contributed by atoms with Crippen molar-refractivity contribution in [3.8, 4) is 0 Å². The number of hydrogen-bond donors (Lipinski definition) is 3. The number of likely N-dealkylation sites (N-methyl/N-ethyl adjacent to an activating group) is 1. The van der Waals surface area contributed by atoms with E-state index in [1.54, 1.807) is 12.3 Å². The van der Waals surface area contributed by atoms with Crippen LogP contribution >= 0.6 is 0 Å². The second-order valence-corrected chi connectivity index (χ2v) is 9.60. The topological polar surface area (TPSA) is 88.7 Å². The molecule has 1 amide bonds. The van der Waals surface area contributed by atoms with Crippen molar-refractivity contribution >= 4 is 29.0 Å². The van der Waals surface area contributed by atoms with Crippen molar-refractivity contribution in [1.82, 2.24) is 25.1 Å². The molecule has 0 aliphatic carbocycles. The fourth-order valence-electron chi connectivity index (χ4n) is 4.96. The number of piperidine rings is 1. The Morgan fingerprint density at radius 2 is 2.03 bits per heavy atom. The number of aromatic nitrogens is 2.